The van der Waals surface area contributed by atoms with Crippen LogP contribution in [-0.2, 0) is 0 Å². The topological polar surface area (TPSA) is 89.7 Å². The molecule has 0 aliphatic heterocycles. The molecule has 0 unspecified atom stereocenters. The van der Waals surface area contributed by atoms with Crippen LogP contribution < -0.4 is 4.74 Å². The number of benzene rings is 1. The first-order valence-corrected chi connectivity index (χ1v) is 4.76. The minimum absolute atomic E-state index is 0.0906. The molecule has 1 rings (SSSR count). The van der Waals surface area contributed by atoms with Crippen LogP contribution in [0.4, 0.5) is 10.1 Å². The predicted octanol–water partition coefficient (Wildman–Crippen LogP) is 2.03. The average Bonchev–Trinajstić information content (AvgIpc) is 2.29. The molecule has 0 heterocycles. The molecule has 0 bridgehead atoms. The van der Waals surface area contributed by atoms with Crippen molar-refractivity contribution < 1.29 is 24.0 Å². The Bertz CT molecular complexity index is 435. The fraction of sp³-hybridized carbons (Fsp3) is 0.300. The lowest BCUT2D eigenvalue weighted by atomic mass is 10.1. The quantitative estimate of drug-likeness (QED) is 0.469. The first-order chi connectivity index (χ1) is 8.06. The molecule has 1 aromatic rings. The third kappa shape index (κ3) is 3.40. The van der Waals surface area contributed by atoms with Crippen molar-refractivity contribution >= 4 is 11.7 Å². The van der Waals surface area contributed by atoms with Crippen LogP contribution in [0.15, 0.2) is 18.2 Å². The zero-order valence-electron chi connectivity index (χ0n) is 8.76. The van der Waals surface area contributed by atoms with Gasteiger partial charge in [-0.25, -0.2) is 4.79 Å². The maximum absolute atomic E-state index is 11.8. The van der Waals surface area contributed by atoms with Crippen LogP contribution in [-0.4, -0.2) is 29.3 Å². The number of carboxylic acids is 1. The van der Waals surface area contributed by atoms with Gasteiger partial charge in [0.15, 0.2) is 0 Å². The highest BCUT2D eigenvalue weighted by Gasteiger charge is 2.20. The van der Waals surface area contributed by atoms with Crippen LogP contribution in [0, 0.1) is 10.1 Å². The van der Waals surface area contributed by atoms with Gasteiger partial charge in [-0.3, -0.25) is 14.5 Å². The monoisotopic (exact) mass is 243 g/mol. The van der Waals surface area contributed by atoms with Crippen molar-refractivity contribution in [2.24, 2.45) is 0 Å². The lowest BCUT2D eigenvalue weighted by Gasteiger charge is -2.05. The van der Waals surface area contributed by atoms with Gasteiger partial charge >= 0.3 is 5.97 Å². The Morgan fingerprint density at radius 3 is 2.76 bits per heavy atom. The van der Waals surface area contributed by atoms with Crippen molar-refractivity contribution in [3.8, 4) is 5.75 Å². The van der Waals surface area contributed by atoms with Crippen molar-refractivity contribution in [3.05, 3.63) is 33.9 Å². The number of nitrogens with zero attached hydrogens (tertiary/aromatic N) is 1. The van der Waals surface area contributed by atoms with Crippen molar-refractivity contribution in [1.29, 1.82) is 0 Å². The molecule has 0 spiro atoms. The number of hydrogen-bond acceptors (Lipinski definition) is 4. The van der Waals surface area contributed by atoms with E-state index in [9.17, 15) is 19.3 Å². The lowest BCUT2D eigenvalue weighted by Crippen LogP contribution is -2.04. The number of nitro benzene ring substituents is 1. The van der Waals surface area contributed by atoms with Gasteiger partial charge in [0.25, 0.3) is 5.69 Å². The number of alkyl halides is 1. The van der Waals surface area contributed by atoms with Gasteiger partial charge in [0.1, 0.15) is 11.3 Å². The van der Waals surface area contributed by atoms with E-state index in [-0.39, 0.29) is 18.8 Å². The Hall–Kier alpha value is -2.18. The van der Waals surface area contributed by atoms with Crippen molar-refractivity contribution in [1.82, 2.24) is 0 Å². The summed E-state index contributed by atoms with van der Waals surface area (Å²) in [6.45, 7) is -0.452. The second-order valence-corrected chi connectivity index (χ2v) is 3.13. The third-order valence-electron chi connectivity index (χ3n) is 1.94. The van der Waals surface area contributed by atoms with Crippen LogP contribution >= 0.6 is 0 Å². The summed E-state index contributed by atoms with van der Waals surface area (Å²) in [4.78, 5) is 20.6. The van der Waals surface area contributed by atoms with Gasteiger partial charge in [-0.05, 0) is 6.07 Å². The van der Waals surface area contributed by atoms with E-state index < -0.39 is 28.8 Å². The molecular formula is C10H10FNO5. The first kappa shape index (κ1) is 12.9. The average molecular weight is 243 g/mol. The third-order valence-corrected chi connectivity index (χ3v) is 1.94. The summed E-state index contributed by atoms with van der Waals surface area (Å²) in [5.41, 5.74) is -0.955. The summed E-state index contributed by atoms with van der Waals surface area (Å²) in [5.74, 6) is -1.24. The Morgan fingerprint density at radius 1 is 1.53 bits per heavy atom. The Labute approximate surface area is 95.8 Å². The lowest BCUT2D eigenvalue weighted by molar-refractivity contribution is -0.385. The van der Waals surface area contributed by atoms with Crippen LogP contribution in [0.1, 0.15) is 16.8 Å². The molecule has 7 heteroatoms. The van der Waals surface area contributed by atoms with Crippen LogP contribution in [0.3, 0.4) is 0 Å². The molecule has 0 saturated carbocycles. The number of carbonyl (C=O) groups is 1. The van der Waals surface area contributed by atoms with Gasteiger partial charge < -0.3 is 9.84 Å². The number of halogens is 1. The summed E-state index contributed by atoms with van der Waals surface area (Å²) < 4.78 is 16.9. The normalized spacial score (nSPS) is 9.94. The second-order valence-electron chi connectivity index (χ2n) is 3.13. The predicted molar refractivity (Wildman–Crippen MR) is 56.1 cm³/mol. The van der Waals surface area contributed by atoms with E-state index >= 15 is 0 Å². The molecule has 0 aromatic heterocycles. The molecule has 17 heavy (non-hydrogen) atoms. The molecule has 92 valence electrons. The fourth-order valence-corrected chi connectivity index (χ4v) is 1.18. The minimum Gasteiger partial charge on any atom is -0.493 e. The molecule has 0 aliphatic rings. The maximum Gasteiger partial charge on any atom is 0.342 e. The highest BCUT2D eigenvalue weighted by molar-refractivity contribution is 5.92. The molecule has 0 amide bonds. The molecule has 1 N–H and O–H groups in total. The molecule has 0 radical (unpaired) electrons. The van der Waals surface area contributed by atoms with Crippen LogP contribution in [0.5, 0.6) is 5.75 Å². The first-order valence-electron chi connectivity index (χ1n) is 4.76. The van der Waals surface area contributed by atoms with Gasteiger partial charge in [0, 0.05) is 18.6 Å². The molecule has 0 fully saturated rings. The summed E-state index contributed by atoms with van der Waals surface area (Å²) in [6, 6.07) is 3.38. The van der Waals surface area contributed by atoms with Gasteiger partial charge in [0.05, 0.1) is 18.2 Å². The number of rotatable bonds is 6. The highest BCUT2D eigenvalue weighted by Crippen LogP contribution is 2.24. The number of hydrogen-bond donors (Lipinski definition) is 1. The van der Waals surface area contributed by atoms with Gasteiger partial charge in [-0.15, -0.1) is 0 Å². The van der Waals surface area contributed by atoms with E-state index in [0.29, 0.717) is 0 Å². The molecule has 1 aromatic carbocycles. The maximum atomic E-state index is 11.8. The fourth-order valence-electron chi connectivity index (χ4n) is 1.18. The van der Waals surface area contributed by atoms with Crippen LogP contribution in [0.25, 0.3) is 0 Å². The van der Waals surface area contributed by atoms with Crippen molar-refractivity contribution in [2.45, 2.75) is 6.42 Å². The summed E-state index contributed by atoms with van der Waals surface area (Å²) in [6.07, 6.45) is 0.180. The zero-order chi connectivity index (χ0) is 12.8. The van der Waals surface area contributed by atoms with Crippen molar-refractivity contribution in [2.75, 3.05) is 13.3 Å². The summed E-state index contributed by atoms with van der Waals surface area (Å²) >= 11 is 0. The number of aromatic carboxylic acids is 1. The molecule has 0 saturated heterocycles. The van der Waals surface area contributed by atoms with E-state index in [0.717, 1.165) is 12.1 Å². The summed E-state index contributed by atoms with van der Waals surface area (Å²) in [5, 5.41) is 19.3. The van der Waals surface area contributed by atoms with E-state index in [1.54, 1.807) is 0 Å². The Kier molecular flexibility index (Phi) is 4.38. The Morgan fingerprint density at radius 2 is 2.24 bits per heavy atom. The smallest absolute Gasteiger partial charge is 0.342 e. The van der Waals surface area contributed by atoms with E-state index in [4.69, 9.17) is 9.84 Å². The van der Waals surface area contributed by atoms with Gasteiger partial charge in [-0.1, -0.05) is 0 Å². The zero-order valence-corrected chi connectivity index (χ0v) is 8.76. The number of nitro groups is 1. The van der Waals surface area contributed by atoms with E-state index in [2.05, 4.69) is 0 Å². The molecular weight excluding hydrogens is 233 g/mol. The largest absolute Gasteiger partial charge is 0.493 e. The number of ether oxygens (including phenoxy) is 1. The second kappa shape index (κ2) is 5.78. The highest BCUT2D eigenvalue weighted by atomic mass is 19.1. The SMILES string of the molecule is O=C(O)c1cc(OCCCF)ccc1[N+](=O)[O-]. The van der Waals surface area contributed by atoms with Crippen LogP contribution in [0.2, 0.25) is 0 Å². The molecule has 6 nitrogen and oxygen atoms in total. The van der Waals surface area contributed by atoms with Gasteiger partial charge in [0.2, 0.25) is 0 Å². The standard InChI is InChI=1S/C10H10FNO5/c11-4-1-5-17-7-2-3-9(12(15)16)8(6-7)10(13)14/h2-3,6H,1,4-5H2,(H,13,14). The number of carboxylic acid groups (broad SMARTS) is 1. The van der Waals surface area contributed by atoms with Crippen molar-refractivity contribution in [3.63, 3.8) is 0 Å². The molecule has 0 aliphatic carbocycles. The van der Waals surface area contributed by atoms with Gasteiger partial charge in [-0.2, -0.15) is 0 Å². The minimum atomic E-state index is -1.41. The van der Waals surface area contributed by atoms with E-state index in [1.807, 2.05) is 0 Å². The Balaban J connectivity index is 2.94. The van der Waals surface area contributed by atoms with E-state index in [1.165, 1.54) is 6.07 Å². The summed E-state index contributed by atoms with van der Waals surface area (Å²) in [7, 11) is 0. The molecule has 0 atom stereocenters.